The summed E-state index contributed by atoms with van der Waals surface area (Å²) >= 11 is 0. The minimum Gasteiger partial charge on any atom is -0.311 e. The van der Waals surface area contributed by atoms with E-state index in [0.29, 0.717) is 5.92 Å². The van der Waals surface area contributed by atoms with E-state index in [1.54, 1.807) is 0 Å². The molecular formula is C15H27N3. The van der Waals surface area contributed by atoms with Crippen molar-refractivity contribution in [1.82, 2.24) is 15.2 Å². The molecule has 0 aromatic carbocycles. The molecule has 0 saturated carbocycles. The highest BCUT2D eigenvalue weighted by molar-refractivity contribution is 5.11. The quantitative estimate of drug-likeness (QED) is 0.768. The second-order valence-corrected chi connectivity index (χ2v) is 5.12. The summed E-state index contributed by atoms with van der Waals surface area (Å²) in [6.07, 6.45) is 0. The van der Waals surface area contributed by atoms with Gasteiger partial charge in [-0.1, -0.05) is 33.8 Å². The Hall–Kier alpha value is -0.930. The van der Waals surface area contributed by atoms with E-state index in [4.69, 9.17) is 4.98 Å². The average Bonchev–Trinajstić information content (AvgIpc) is 2.35. The highest BCUT2D eigenvalue weighted by atomic mass is 15.1. The Morgan fingerprint density at radius 1 is 1.22 bits per heavy atom. The number of rotatable bonds is 8. The summed E-state index contributed by atoms with van der Waals surface area (Å²) in [5, 5.41) is 3.32. The maximum absolute atomic E-state index is 4.70. The summed E-state index contributed by atoms with van der Waals surface area (Å²) in [6, 6.07) is 6.32. The van der Waals surface area contributed by atoms with E-state index in [1.165, 1.54) is 5.69 Å². The van der Waals surface area contributed by atoms with Crippen LogP contribution in [0, 0.1) is 5.92 Å². The second kappa shape index (κ2) is 8.22. The van der Waals surface area contributed by atoms with Crippen molar-refractivity contribution in [3.8, 4) is 0 Å². The molecule has 0 unspecified atom stereocenters. The Labute approximate surface area is 112 Å². The van der Waals surface area contributed by atoms with Crippen molar-refractivity contribution in [2.45, 2.75) is 40.8 Å². The van der Waals surface area contributed by atoms with Crippen LogP contribution < -0.4 is 5.32 Å². The molecule has 1 heterocycles. The van der Waals surface area contributed by atoms with Crippen molar-refractivity contribution in [3.05, 3.63) is 29.6 Å². The third kappa shape index (κ3) is 5.61. The maximum atomic E-state index is 4.70. The summed E-state index contributed by atoms with van der Waals surface area (Å²) in [7, 11) is 0. The average molecular weight is 249 g/mol. The van der Waals surface area contributed by atoms with Gasteiger partial charge in [-0.25, -0.2) is 0 Å². The number of hydrogen-bond acceptors (Lipinski definition) is 3. The molecule has 0 atom stereocenters. The standard InChI is InChI=1S/C15H27N3/c1-5-16-10-14-8-7-9-15(17-14)12-18(6-2)11-13(3)4/h7-9,13,16H,5-6,10-12H2,1-4H3. The van der Waals surface area contributed by atoms with Gasteiger partial charge in [-0.3, -0.25) is 9.88 Å². The first kappa shape index (κ1) is 15.1. The van der Waals surface area contributed by atoms with Gasteiger partial charge in [-0.2, -0.15) is 0 Å². The van der Waals surface area contributed by atoms with E-state index in [-0.39, 0.29) is 0 Å². The minimum atomic E-state index is 0.704. The number of aromatic nitrogens is 1. The highest BCUT2D eigenvalue weighted by Crippen LogP contribution is 2.06. The Morgan fingerprint density at radius 3 is 2.56 bits per heavy atom. The number of nitrogens with one attached hydrogen (secondary N) is 1. The Kier molecular flexibility index (Phi) is 6.91. The number of hydrogen-bond donors (Lipinski definition) is 1. The zero-order chi connectivity index (χ0) is 13.4. The van der Waals surface area contributed by atoms with E-state index in [0.717, 1.165) is 38.4 Å². The normalized spacial score (nSPS) is 11.4. The predicted molar refractivity (Wildman–Crippen MR) is 77.4 cm³/mol. The van der Waals surface area contributed by atoms with Gasteiger partial charge in [-0.15, -0.1) is 0 Å². The van der Waals surface area contributed by atoms with Crippen molar-refractivity contribution in [3.63, 3.8) is 0 Å². The summed E-state index contributed by atoms with van der Waals surface area (Å²) in [6.45, 7) is 13.9. The molecule has 0 aliphatic rings. The van der Waals surface area contributed by atoms with Crippen molar-refractivity contribution in [1.29, 1.82) is 0 Å². The molecule has 0 fully saturated rings. The molecule has 1 aromatic heterocycles. The molecule has 0 aliphatic heterocycles. The van der Waals surface area contributed by atoms with Crippen LogP contribution in [0.15, 0.2) is 18.2 Å². The van der Waals surface area contributed by atoms with Gasteiger partial charge < -0.3 is 5.32 Å². The van der Waals surface area contributed by atoms with Gasteiger partial charge in [0.1, 0.15) is 0 Å². The maximum Gasteiger partial charge on any atom is 0.0547 e. The van der Waals surface area contributed by atoms with Crippen LogP contribution in [0.2, 0.25) is 0 Å². The van der Waals surface area contributed by atoms with Gasteiger partial charge in [-0.05, 0) is 31.1 Å². The van der Waals surface area contributed by atoms with E-state index in [9.17, 15) is 0 Å². The monoisotopic (exact) mass is 249 g/mol. The zero-order valence-corrected chi connectivity index (χ0v) is 12.2. The van der Waals surface area contributed by atoms with E-state index in [2.05, 4.69) is 56.1 Å². The third-order valence-electron chi connectivity index (χ3n) is 2.88. The van der Waals surface area contributed by atoms with E-state index < -0.39 is 0 Å². The minimum absolute atomic E-state index is 0.704. The first-order chi connectivity index (χ1) is 8.65. The van der Waals surface area contributed by atoms with Crippen LogP contribution in [0.25, 0.3) is 0 Å². The summed E-state index contributed by atoms with van der Waals surface area (Å²) in [5.41, 5.74) is 2.31. The molecule has 0 spiro atoms. The zero-order valence-electron chi connectivity index (χ0n) is 12.2. The van der Waals surface area contributed by atoms with Crippen molar-refractivity contribution < 1.29 is 0 Å². The topological polar surface area (TPSA) is 28.2 Å². The lowest BCUT2D eigenvalue weighted by molar-refractivity contribution is 0.245. The largest absolute Gasteiger partial charge is 0.311 e. The van der Waals surface area contributed by atoms with Gasteiger partial charge in [0.2, 0.25) is 0 Å². The van der Waals surface area contributed by atoms with Crippen LogP contribution in [-0.2, 0) is 13.1 Å². The number of nitrogens with zero attached hydrogens (tertiary/aromatic N) is 2. The predicted octanol–water partition coefficient (Wildman–Crippen LogP) is 2.67. The Morgan fingerprint density at radius 2 is 1.94 bits per heavy atom. The molecule has 0 bridgehead atoms. The first-order valence-corrected chi connectivity index (χ1v) is 7.03. The summed E-state index contributed by atoms with van der Waals surface area (Å²) < 4.78 is 0. The fourth-order valence-corrected chi connectivity index (χ4v) is 2.02. The lowest BCUT2D eigenvalue weighted by atomic mass is 10.2. The SMILES string of the molecule is CCNCc1cccc(CN(CC)CC(C)C)n1. The first-order valence-electron chi connectivity index (χ1n) is 7.03. The molecule has 1 N–H and O–H groups in total. The van der Waals surface area contributed by atoms with Crippen LogP contribution in [0.1, 0.15) is 39.1 Å². The van der Waals surface area contributed by atoms with Gasteiger partial charge in [0.25, 0.3) is 0 Å². The molecule has 3 nitrogen and oxygen atoms in total. The summed E-state index contributed by atoms with van der Waals surface area (Å²) in [5.74, 6) is 0.704. The molecule has 0 amide bonds. The van der Waals surface area contributed by atoms with Gasteiger partial charge >= 0.3 is 0 Å². The van der Waals surface area contributed by atoms with Crippen LogP contribution in [0.4, 0.5) is 0 Å². The smallest absolute Gasteiger partial charge is 0.0547 e. The molecule has 1 aromatic rings. The van der Waals surface area contributed by atoms with Crippen LogP contribution in [0.3, 0.4) is 0 Å². The van der Waals surface area contributed by atoms with Crippen molar-refractivity contribution in [2.75, 3.05) is 19.6 Å². The molecule has 18 heavy (non-hydrogen) atoms. The highest BCUT2D eigenvalue weighted by Gasteiger charge is 2.07. The molecular weight excluding hydrogens is 222 g/mol. The van der Waals surface area contributed by atoms with Crippen LogP contribution in [0.5, 0.6) is 0 Å². The van der Waals surface area contributed by atoms with Crippen LogP contribution in [-0.4, -0.2) is 29.5 Å². The summed E-state index contributed by atoms with van der Waals surface area (Å²) in [4.78, 5) is 7.15. The molecule has 0 radical (unpaired) electrons. The lowest BCUT2D eigenvalue weighted by Gasteiger charge is -2.22. The van der Waals surface area contributed by atoms with Gasteiger partial charge in [0, 0.05) is 19.6 Å². The van der Waals surface area contributed by atoms with Gasteiger partial charge in [0.15, 0.2) is 0 Å². The van der Waals surface area contributed by atoms with E-state index >= 15 is 0 Å². The molecule has 1 rings (SSSR count). The fourth-order valence-electron chi connectivity index (χ4n) is 2.02. The Bertz CT molecular complexity index is 336. The van der Waals surface area contributed by atoms with Crippen molar-refractivity contribution in [2.24, 2.45) is 5.92 Å². The molecule has 102 valence electrons. The third-order valence-corrected chi connectivity index (χ3v) is 2.88. The molecule has 3 heteroatoms. The van der Waals surface area contributed by atoms with E-state index in [1.807, 2.05) is 0 Å². The lowest BCUT2D eigenvalue weighted by Crippen LogP contribution is -2.27. The molecule has 0 saturated heterocycles. The van der Waals surface area contributed by atoms with Crippen molar-refractivity contribution >= 4 is 0 Å². The fraction of sp³-hybridized carbons (Fsp3) is 0.667. The van der Waals surface area contributed by atoms with Gasteiger partial charge in [0.05, 0.1) is 11.4 Å². The second-order valence-electron chi connectivity index (χ2n) is 5.12. The number of pyridine rings is 1. The van der Waals surface area contributed by atoms with Crippen LogP contribution >= 0.6 is 0 Å². The molecule has 0 aliphatic carbocycles. The Balaban J connectivity index is 2.59.